The van der Waals surface area contributed by atoms with E-state index in [1.807, 2.05) is 18.2 Å². The van der Waals surface area contributed by atoms with Crippen molar-refractivity contribution in [3.05, 3.63) is 58.6 Å². The number of amides is 1. The molecule has 2 aromatic rings. The van der Waals surface area contributed by atoms with E-state index in [4.69, 9.17) is 11.6 Å². The third kappa shape index (κ3) is 4.19. The van der Waals surface area contributed by atoms with Gasteiger partial charge in [-0.05, 0) is 61.2 Å². The average Bonchev–Trinajstić information content (AvgIpc) is 2.63. The summed E-state index contributed by atoms with van der Waals surface area (Å²) in [4.78, 5) is 12.3. The summed E-state index contributed by atoms with van der Waals surface area (Å²) < 4.78 is 26.0. The molecule has 3 rings (SSSR count). The summed E-state index contributed by atoms with van der Waals surface area (Å²) in [7, 11) is -3.28. The zero-order chi connectivity index (χ0) is 18.7. The quantitative estimate of drug-likeness (QED) is 0.844. The highest BCUT2D eigenvalue weighted by atomic mass is 35.5. The maximum Gasteiger partial charge on any atom is 0.234 e. The molecule has 0 atom stereocenters. The second kappa shape index (κ2) is 7.68. The van der Waals surface area contributed by atoms with E-state index in [0.717, 1.165) is 24.0 Å². The maximum atomic E-state index is 12.3. The Morgan fingerprint density at radius 2 is 1.92 bits per heavy atom. The summed E-state index contributed by atoms with van der Waals surface area (Å²) in [5.41, 5.74) is 3.22. The standard InChI is InChI=1S/C19H21ClN2O3S/c1-2-26(24,25)22-11-3-4-15-13-17(9-10-18(15)22)21-19(23)12-14-5-7-16(20)8-6-14/h5-10,13H,2-4,11-12H2,1H3,(H,21,23). The second-order valence-corrected chi connectivity index (χ2v) is 8.89. The molecule has 0 unspecified atom stereocenters. The Hall–Kier alpha value is -2.05. The Labute approximate surface area is 159 Å². The molecule has 0 spiro atoms. The van der Waals surface area contributed by atoms with Crippen LogP contribution < -0.4 is 9.62 Å². The molecule has 0 saturated carbocycles. The van der Waals surface area contributed by atoms with Crippen molar-refractivity contribution in [2.45, 2.75) is 26.2 Å². The minimum Gasteiger partial charge on any atom is -0.326 e. The first-order chi connectivity index (χ1) is 12.4. The lowest BCUT2D eigenvalue weighted by Crippen LogP contribution is -2.36. The van der Waals surface area contributed by atoms with Gasteiger partial charge in [0.2, 0.25) is 15.9 Å². The normalized spacial score (nSPS) is 14.0. The fourth-order valence-electron chi connectivity index (χ4n) is 3.08. The van der Waals surface area contributed by atoms with E-state index in [0.29, 0.717) is 22.9 Å². The molecular formula is C19H21ClN2O3S. The van der Waals surface area contributed by atoms with Crippen molar-refractivity contribution in [3.8, 4) is 0 Å². The van der Waals surface area contributed by atoms with Crippen LogP contribution in [-0.4, -0.2) is 26.6 Å². The van der Waals surface area contributed by atoms with E-state index in [2.05, 4.69) is 5.32 Å². The molecule has 2 aromatic carbocycles. The number of anilines is 2. The second-order valence-electron chi connectivity index (χ2n) is 6.27. The number of hydrogen-bond donors (Lipinski definition) is 1. The van der Waals surface area contributed by atoms with Gasteiger partial charge in [-0.1, -0.05) is 23.7 Å². The molecule has 0 fully saturated rings. The highest BCUT2D eigenvalue weighted by molar-refractivity contribution is 7.92. The number of sulfonamides is 1. The number of carbonyl (C=O) groups excluding carboxylic acids is 1. The fraction of sp³-hybridized carbons (Fsp3) is 0.316. The van der Waals surface area contributed by atoms with Crippen LogP contribution in [0.5, 0.6) is 0 Å². The summed E-state index contributed by atoms with van der Waals surface area (Å²) in [6, 6.07) is 12.6. The van der Waals surface area contributed by atoms with E-state index in [9.17, 15) is 13.2 Å². The van der Waals surface area contributed by atoms with Gasteiger partial charge in [-0.15, -0.1) is 0 Å². The zero-order valence-corrected chi connectivity index (χ0v) is 16.1. The molecule has 0 aromatic heterocycles. The van der Waals surface area contributed by atoms with Crippen molar-refractivity contribution < 1.29 is 13.2 Å². The third-order valence-corrected chi connectivity index (χ3v) is 6.45. The van der Waals surface area contributed by atoms with E-state index >= 15 is 0 Å². The minimum absolute atomic E-state index is 0.0754. The van der Waals surface area contributed by atoms with Crippen LogP contribution in [-0.2, 0) is 27.7 Å². The summed E-state index contributed by atoms with van der Waals surface area (Å²) in [5.74, 6) is -0.0485. The predicted molar refractivity (Wildman–Crippen MR) is 105 cm³/mol. The van der Waals surface area contributed by atoms with Gasteiger partial charge in [-0.2, -0.15) is 0 Å². The van der Waals surface area contributed by atoms with Gasteiger partial charge in [0.05, 0.1) is 17.9 Å². The number of nitrogens with one attached hydrogen (secondary N) is 1. The molecule has 1 aliphatic heterocycles. The van der Waals surface area contributed by atoms with Crippen LogP contribution in [0.3, 0.4) is 0 Å². The lowest BCUT2D eigenvalue weighted by molar-refractivity contribution is -0.115. The Kier molecular flexibility index (Phi) is 5.53. The van der Waals surface area contributed by atoms with Gasteiger partial charge in [-0.3, -0.25) is 9.10 Å². The molecule has 1 heterocycles. The van der Waals surface area contributed by atoms with Crippen LogP contribution in [0.25, 0.3) is 0 Å². The van der Waals surface area contributed by atoms with Crippen LogP contribution in [0.4, 0.5) is 11.4 Å². The van der Waals surface area contributed by atoms with Crippen molar-refractivity contribution in [1.29, 1.82) is 0 Å². The van der Waals surface area contributed by atoms with Gasteiger partial charge >= 0.3 is 0 Å². The molecule has 138 valence electrons. The maximum absolute atomic E-state index is 12.3. The van der Waals surface area contributed by atoms with E-state index in [1.54, 1.807) is 31.2 Å². The third-order valence-electron chi connectivity index (χ3n) is 4.42. The van der Waals surface area contributed by atoms with Crippen molar-refractivity contribution in [3.63, 3.8) is 0 Å². The number of hydrogen-bond acceptors (Lipinski definition) is 3. The number of nitrogens with zero attached hydrogens (tertiary/aromatic N) is 1. The molecule has 0 saturated heterocycles. The van der Waals surface area contributed by atoms with Gasteiger partial charge in [0.25, 0.3) is 0 Å². The average molecular weight is 393 g/mol. The van der Waals surface area contributed by atoms with Crippen LogP contribution >= 0.6 is 11.6 Å². The summed E-state index contributed by atoms with van der Waals surface area (Å²) in [5, 5.41) is 3.52. The molecule has 1 N–H and O–H groups in total. The van der Waals surface area contributed by atoms with Gasteiger partial charge < -0.3 is 5.32 Å². The van der Waals surface area contributed by atoms with Crippen molar-refractivity contribution in [2.75, 3.05) is 21.9 Å². The Morgan fingerprint density at radius 1 is 1.19 bits per heavy atom. The topological polar surface area (TPSA) is 66.5 Å². The predicted octanol–water partition coefficient (Wildman–Crippen LogP) is 3.62. The van der Waals surface area contributed by atoms with Crippen molar-refractivity contribution in [1.82, 2.24) is 0 Å². The molecule has 26 heavy (non-hydrogen) atoms. The number of fused-ring (bicyclic) bond motifs is 1. The van der Waals surface area contributed by atoms with Gasteiger partial charge in [-0.25, -0.2) is 8.42 Å². The number of aryl methyl sites for hydroxylation is 1. The van der Waals surface area contributed by atoms with E-state index in [-0.39, 0.29) is 18.1 Å². The summed E-state index contributed by atoms with van der Waals surface area (Å²) in [6.07, 6.45) is 1.82. The molecule has 5 nitrogen and oxygen atoms in total. The summed E-state index contributed by atoms with van der Waals surface area (Å²) in [6.45, 7) is 2.15. The van der Waals surface area contributed by atoms with Crippen molar-refractivity contribution >= 4 is 38.9 Å². The fourth-order valence-corrected chi connectivity index (χ4v) is 4.40. The smallest absolute Gasteiger partial charge is 0.234 e. The van der Waals surface area contributed by atoms with Gasteiger partial charge in [0.15, 0.2) is 0 Å². The monoisotopic (exact) mass is 392 g/mol. The first-order valence-corrected chi connectivity index (χ1v) is 10.6. The lowest BCUT2D eigenvalue weighted by Gasteiger charge is -2.30. The van der Waals surface area contributed by atoms with E-state index in [1.165, 1.54) is 4.31 Å². The van der Waals surface area contributed by atoms with Gasteiger partial charge in [0.1, 0.15) is 0 Å². The van der Waals surface area contributed by atoms with Gasteiger partial charge in [0, 0.05) is 17.3 Å². The first-order valence-electron chi connectivity index (χ1n) is 8.56. The molecule has 1 amide bonds. The highest BCUT2D eigenvalue weighted by Gasteiger charge is 2.26. The Balaban J connectivity index is 1.74. The highest BCUT2D eigenvalue weighted by Crippen LogP contribution is 2.31. The van der Waals surface area contributed by atoms with Crippen LogP contribution in [0, 0.1) is 0 Å². The number of halogens is 1. The number of rotatable bonds is 5. The van der Waals surface area contributed by atoms with Crippen LogP contribution in [0.15, 0.2) is 42.5 Å². The molecule has 0 aliphatic carbocycles. The first kappa shape index (κ1) is 18.7. The number of carbonyl (C=O) groups is 1. The Bertz CT molecular complexity index is 911. The van der Waals surface area contributed by atoms with Crippen LogP contribution in [0.1, 0.15) is 24.5 Å². The SMILES string of the molecule is CCS(=O)(=O)N1CCCc2cc(NC(=O)Cc3ccc(Cl)cc3)ccc21. The molecular weight excluding hydrogens is 372 g/mol. The Morgan fingerprint density at radius 3 is 2.62 bits per heavy atom. The minimum atomic E-state index is -3.28. The van der Waals surface area contributed by atoms with Crippen molar-refractivity contribution in [2.24, 2.45) is 0 Å². The largest absolute Gasteiger partial charge is 0.326 e. The zero-order valence-electron chi connectivity index (χ0n) is 14.5. The number of benzene rings is 2. The van der Waals surface area contributed by atoms with E-state index < -0.39 is 10.0 Å². The summed E-state index contributed by atoms with van der Waals surface area (Å²) >= 11 is 5.85. The molecule has 0 bridgehead atoms. The van der Waals surface area contributed by atoms with Crippen LogP contribution in [0.2, 0.25) is 5.02 Å². The molecule has 7 heteroatoms. The molecule has 0 radical (unpaired) electrons. The lowest BCUT2D eigenvalue weighted by atomic mass is 10.0. The molecule has 1 aliphatic rings.